The normalized spacial score (nSPS) is 25.3. The molecule has 0 spiro atoms. The van der Waals surface area contributed by atoms with Crippen molar-refractivity contribution in [3.63, 3.8) is 0 Å². The molecule has 0 fully saturated rings. The number of hydrogen-bond acceptors (Lipinski definition) is 6. The van der Waals surface area contributed by atoms with Crippen LogP contribution in [0.1, 0.15) is 17.7 Å². The zero-order chi connectivity index (χ0) is 18.2. The van der Waals surface area contributed by atoms with Crippen molar-refractivity contribution < 1.29 is 0 Å². The van der Waals surface area contributed by atoms with Crippen LogP contribution in [0, 0.1) is 45.3 Å². The standard InChI is InChI=1S/C18H16ClN5S/c1-2-24-6-5-13-12(8-24)16(14-3-4-15(19)25-14)11(7-20)17(23)18(13,9-21)10-22/h3-5,12,16H,2,6,8,23H2,1H3/t12-,16-/m1/s1. The third kappa shape index (κ3) is 2.53. The van der Waals surface area contributed by atoms with Crippen molar-refractivity contribution in [3.05, 3.63) is 44.3 Å². The zero-order valence-corrected chi connectivity index (χ0v) is 15.2. The Morgan fingerprint density at radius 1 is 1.36 bits per heavy atom. The van der Waals surface area contributed by atoms with Crippen LogP contribution in [0.4, 0.5) is 0 Å². The van der Waals surface area contributed by atoms with Crippen LogP contribution in [-0.2, 0) is 0 Å². The van der Waals surface area contributed by atoms with Crippen LogP contribution in [0.3, 0.4) is 0 Å². The number of rotatable bonds is 2. The van der Waals surface area contributed by atoms with E-state index in [1.165, 1.54) is 11.3 Å². The molecule has 0 saturated heterocycles. The second-order valence-corrected chi connectivity index (χ2v) is 7.90. The molecule has 3 rings (SSSR count). The third-order valence-corrected chi connectivity index (χ3v) is 6.38. The largest absolute Gasteiger partial charge is 0.399 e. The molecule has 2 heterocycles. The summed E-state index contributed by atoms with van der Waals surface area (Å²) in [6, 6.07) is 10.0. The third-order valence-electron chi connectivity index (χ3n) is 5.07. The molecule has 126 valence electrons. The fourth-order valence-electron chi connectivity index (χ4n) is 3.77. The quantitative estimate of drug-likeness (QED) is 0.807. The van der Waals surface area contributed by atoms with E-state index in [-0.39, 0.29) is 17.5 Å². The van der Waals surface area contributed by atoms with Gasteiger partial charge < -0.3 is 5.73 Å². The van der Waals surface area contributed by atoms with Gasteiger partial charge in [-0.3, -0.25) is 4.90 Å². The van der Waals surface area contributed by atoms with Gasteiger partial charge in [0, 0.05) is 29.8 Å². The summed E-state index contributed by atoms with van der Waals surface area (Å²) >= 11 is 7.52. The van der Waals surface area contributed by atoms with E-state index in [1.807, 2.05) is 12.1 Å². The summed E-state index contributed by atoms with van der Waals surface area (Å²) in [5, 5.41) is 29.3. The Morgan fingerprint density at radius 3 is 2.60 bits per heavy atom. The Hall–Kier alpha value is -2.30. The van der Waals surface area contributed by atoms with E-state index < -0.39 is 5.41 Å². The van der Waals surface area contributed by atoms with E-state index in [4.69, 9.17) is 17.3 Å². The lowest BCUT2D eigenvalue weighted by Gasteiger charge is -2.44. The van der Waals surface area contributed by atoms with Gasteiger partial charge in [0.15, 0.2) is 0 Å². The molecule has 0 bridgehead atoms. The molecule has 2 atom stereocenters. The lowest BCUT2D eigenvalue weighted by Crippen LogP contribution is -2.47. The molecule has 25 heavy (non-hydrogen) atoms. The molecular weight excluding hydrogens is 354 g/mol. The highest BCUT2D eigenvalue weighted by atomic mass is 35.5. The minimum Gasteiger partial charge on any atom is -0.399 e. The van der Waals surface area contributed by atoms with Gasteiger partial charge >= 0.3 is 0 Å². The molecule has 7 heteroatoms. The highest BCUT2D eigenvalue weighted by molar-refractivity contribution is 7.16. The molecule has 0 saturated carbocycles. The predicted molar refractivity (Wildman–Crippen MR) is 96.2 cm³/mol. The van der Waals surface area contributed by atoms with Crippen LogP contribution in [-0.4, -0.2) is 24.5 Å². The van der Waals surface area contributed by atoms with E-state index in [9.17, 15) is 15.8 Å². The molecule has 2 N–H and O–H groups in total. The van der Waals surface area contributed by atoms with Crippen LogP contribution < -0.4 is 5.73 Å². The first-order chi connectivity index (χ1) is 12.0. The summed E-state index contributed by atoms with van der Waals surface area (Å²) in [6.45, 7) is 4.26. The number of halogens is 1. The molecule has 1 aliphatic heterocycles. The molecular formula is C18H16ClN5S. The van der Waals surface area contributed by atoms with Gasteiger partial charge in [-0.2, -0.15) is 15.8 Å². The monoisotopic (exact) mass is 369 g/mol. The number of allylic oxidation sites excluding steroid dienone is 2. The minimum absolute atomic E-state index is 0.0574. The van der Waals surface area contributed by atoms with Crippen molar-refractivity contribution in [3.8, 4) is 18.2 Å². The average Bonchev–Trinajstić information content (AvgIpc) is 3.06. The van der Waals surface area contributed by atoms with Gasteiger partial charge in [0.1, 0.15) is 0 Å². The molecule has 1 aromatic heterocycles. The van der Waals surface area contributed by atoms with E-state index in [1.54, 1.807) is 6.07 Å². The second-order valence-electron chi connectivity index (χ2n) is 6.15. The number of thiophene rings is 1. The summed E-state index contributed by atoms with van der Waals surface area (Å²) in [4.78, 5) is 3.16. The lowest BCUT2D eigenvalue weighted by atomic mass is 9.61. The predicted octanol–water partition coefficient (Wildman–Crippen LogP) is 3.15. The Kier molecular flexibility index (Phi) is 4.58. The van der Waals surface area contributed by atoms with Crippen LogP contribution in [0.25, 0.3) is 0 Å². The van der Waals surface area contributed by atoms with Gasteiger partial charge in [0.25, 0.3) is 0 Å². The van der Waals surface area contributed by atoms with Gasteiger partial charge in [-0.05, 0) is 24.3 Å². The first-order valence-corrected chi connectivity index (χ1v) is 9.12. The van der Waals surface area contributed by atoms with E-state index in [0.29, 0.717) is 28.6 Å². The summed E-state index contributed by atoms with van der Waals surface area (Å²) in [6.07, 6.45) is 1.94. The first kappa shape index (κ1) is 17.5. The van der Waals surface area contributed by atoms with Crippen molar-refractivity contribution in [2.45, 2.75) is 12.8 Å². The molecule has 1 aromatic rings. The van der Waals surface area contributed by atoms with Gasteiger partial charge in [-0.1, -0.05) is 24.6 Å². The zero-order valence-electron chi connectivity index (χ0n) is 13.7. The average molecular weight is 370 g/mol. The van der Waals surface area contributed by atoms with Crippen LogP contribution >= 0.6 is 22.9 Å². The van der Waals surface area contributed by atoms with Crippen LogP contribution in [0.15, 0.2) is 35.1 Å². The smallest absolute Gasteiger partial charge is 0.204 e. The summed E-state index contributed by atoms with van der Waals surface area (Å²) < 4.78 is 0.636. The molecule has 0 aromatic carbocycles. The Morgan fingerprint density at radius 2 is 2.08 bits per heavy atom. The van der Waals surface area contributed by atoms with Crippen LogP contribution in [0.5, 0.6) is 0 Å². The number of nitrogens with two attached hydrogens (primary N) is 1. The van der Waals surface area contributed by atoms with E-state index in [0.717, 1.165) is 11.4 Å². The van der Waals surface area contributed by atoms with E-state index >= 15 is 0 Å². The molecule has 0 radical (unpaired) electrons. The topological polar surface area (TPSA) is 101 Å². The number of hydrogen-bond donors (Lipinski definition) is 1. The van der Waals surface area contributed by atoms with Gasteiger partial charge in [-0.25, -0.2) is 0 Å². The second kappa shape index (κ2) is 6.54. The summed E-state index contributed by atoms with van der Waals surface area (Å²) in [7, 11) is 0. The number of likely N-dealkylation sites (N-methyl/N-ethyl adjacent to an activating group) is 1. The minimum atomic E-state index is -1.56. The number of nitriles is 3. The fourth-order valence-corrected chi connectivity index (χ4v) is 5.01. The first-order valence-electron chi connectivity index (χ1n) is 7.93. The van der Waals surface area contributed by atoms with Crippen molar-refractivity contribution in [1.29, 1.82) is 15.8 Å². The molecule has 1 aliphatic carbocycles. The maximum atomic E-state index is 9.78. The molecule has 0 unspecified atom stereocenters. The molecule has 0 amide bonds. The highest BCUT2D eigenvalue weighted by Crippen LogP contribution is 2.53. The van der Waals surface area contributed by atoms with Crippen molar-refractivity contribution in [2.75, 3.05) is 19.6 Å². The maximum Gasteiger partial charge on any atom is 0.204 e. The van der Waals surface area contributed by atoms with Crippen molar-refractivity contribution in [2.24, 2.45) is 17.1 Å². The van der Waals surface area contributed by atoms with Crippen molar-refractivity contribution >= 4 is 22.9 Å². The summed E-state index contributed by atoms with van der Waals surface area (Å²) in [5.74, 6) is -0.428. The van der Waals surface area contributed by atoms with Gasteiger partial charge in [-0.15, -0.1) is 11.3 Å². The van der Waals surface area contributed by atoms with Gasteiger partial charge in [0.05, 0.1) is 33.8 Å². The Balaban J connectivity index is 2.28. The number of nitrogens with zero attached hydrogens (tertiary/aromatic N) is 4. The lowest BCUT2D eigenvalue weighted by molar-refractivity contribution is 0.235. The molecule has 2 aliphatic rings. The Labute approximate surface area is 155 Å². The maximum absolute atomic E-state index is 9.78. The van der Waals surface area contributed by atoms with E-state index in [2.05, 4.69) is 30.0 Å². The SMILES string of the molecule is CCN1CC=C2[C@@H](C1)[C@H](c1ccc(Cl)s1)C(C#N)=C(N)C2(C#N)C#N. The van der Waals surface area contributed by atoms with Gasteiger partial charge in [0.2, 0.25) is 5.41 Å². The summed E-state index contributed by atoms with van der Waals surface area (Å²) in [5.41, 5.74) is 5.75. The van der Waals surface area contributed by atoms with Crippen molar-refractivity contribution in [1.82, 2.24) is 4.90 Å². The highest BCUT2D eigenvalue weighted by Gasteiger charge is 2.52. The Bertz CT molecular complexity index is 878. The van der Waals surface area contributed by atoms with Crippen LogP contribution in [0.2, 0.25) is 4.34 Å². The molecule has 5 nitrogen and oxygen atoms in total. The number of fused-ring (bicyclic) bond motifs is 1. The fraction of sp³-hybridized carbons (Fsp3) is 0.389.